The van der Waals surface area contributed by atoms with Crippen molar-refractivity contribution in [2.24, 2.45) is 5.73 Å². The van der Waals surface area contributed by atoms with Crippen molar-refractivity contribution in [2.45, 2.75) is 110 Å². The summed E-state index contributed by atoms with van der Waals surface area (Å²) >= 11 is 0. The Balaban J connectivity index is 1.88. The summed E-state index contributed by atoms with van der Waals surface area (Å²) in [5, 5.41) is 0. The number of benzene rings is 1. The van der Waals surface area contributed by atoms with E-state index < -0.39 is 0 Å². The smallest absolute Gasteiger partial charge is 0.118 e. The zero-order valence-corrected chi connectivity index (χ0v) is 18.7. The van der Waals surface area contributed by atoms with Gasteiger partial charge < -0.3 is 10.5 Å². The highest BCUT2D eigenvalue weighted by Gasteiger charge is 1.97. The van der Waals surface area contributed by atoms with Crippen molar-refractivity contribution in [3.05, 3.63) is 35.5 Å². The van der Waals surface area contributed by atoms with Gasteiger partial charge in [-0.15, -0.1) is 0 Å². The molecule has 2 nitrogen and oxygen atoms in total. The third-order valence-electron chi connectivity index (χ3n) is 5.54. The SMILES string of the molecule is CCCCCCCCCCCCCCCCCC(N)=Cc1ccc(OC)cc1. The van der Waals surface area contributed by atoms with Crippen LogP contribution in [-0.2, 0) is 0 Å². The second-order valence-electron chi connectivity index (χ2n) is 8.19. The van der Waals surface area contributed by atoms with Crippen molar-refractivity contribution in [1.82, 2.24) is 0 Å². The van der Waals surface area contributed by atoms with Crippen LogP contribution in [0.2, 0.25) is 0 Å². The van der Waals surface area contributed by atoms with Crippen LogP contribution in [0.4, 0.5) is 0 Å². The Labute approximate surface area is 174 Å². The molecule has 0 aliphatic carbocycles. The van der Waals surface area contributed by atoms with Crippen molar-refractivity contribution in [3.8, 4) is 5.75 Å². The minimum absolute atomic E-state index is 0.887. The van der Waals surface area contributed by atoms with E-state index in [4.69, 9.17) is 10.5 Å². The number of methoxy groups -OCH3 is 1. The zero-order chi connectivity index (χ0) is 20.3. The first-order valence-electron chi connectivity index (χ1n) is 11.9. The monoisotopic (exact) mass is 387 g/mol. The van der Waals surface area contributed by atoms with Gasteiger partial charge in [-0.05, 0) is 36.6 Å². The number of hydrogen-bond donors (Lipinski definition) is 1. The highest BCUT2D eigenvalue weighted by molar-refractivity contribution is 5.53. The average molecular weight is 388 g/mol. The average Bonchev–Trinajstić information content (AvgIpc) is 2.71. The maximum atomic E-state index is 6.16. The molecular weight excluding hydrogens is 342 g/mol. The molecule has 2 heteroatoms. The Morgan fingerprint density at radius 2 is 1.14 bits per heavy atom. The van der Waals surface area contributed by atoms with Gasteiger partial charge in [0.05, 0.1) is 7.11 Å². The van der Waals surface area contributed by atoms with E-state index in [-0.39, 0.29) is 0 Å². The van der Waals surface area contributed by atoms with Crippen LogP contribution >= 0.6 is 0 Å². The predicted molar refractivity (Wildman–Crippen MR) is 125 cm³/mol. The quantitative estimate of drug-likeness (QED) is 0.257. The number of ether oxygens (including phenoxy) is 1. The van der Waals surface area contributed by atoms with Gasteiger partial charge in [0, 0.05) is 5.70 Å². The highest BCUT2D eigenvalue weighted by Crippen LogP contribution is 2.16. The topological polar surface area (TPSA) is 35.2 Å². The highest BCUT2D eigenvalue weighted by atomic mass is 16.5. The molecule has 0 saturated heterocycles. The van der Waals surface area contributed by atoms with Gasteiger partial charge in [-0.2, -0.15) is 0 Å². The third kappa shape index (κ3) is 13.7. The molecule has 1 aromatic rings. The Kier molecular flexibility index (Phi) is 15.5. The number of nitrogens with two attached hydrogens (primary N) is 1. The fourth-order valence-corrected chi connectivity index (χ4v) is 3.69. The first-order chi connectivity index (χ1) is 13.8. The predicted octanol–water partition coefficient (Wildman–Crippen LogP) is 8.26. The summed E-state index contributed by atoms with van der Waals surface area (Å²) in [7, 11) is 1.69. The van der Waals surface area contributed by atoms with Crippen LogP contribution in [0.5, 0.6) is 5.75 Å². The largest absolute Gasteiger partial charge is 0.497 e. The first kappa shape index (κ1) is 24.6. The summed E-state index contributed by atoms with van der Waals surface area (Å²) in [5.74, 6) is 0.887. The van der Waals surface area contributed by atoms with Gasteiger partial charge in [-0.1, -0.05) is 109 Å². The van der Waals surface area contributed by atoms with Crippen LogP contribution in [0.1, 0.15) is 115 Å². The summed E-state index contributed by atoms with van der Waals surface area (Å²) in [4.78, 5) is 0. The van der Waals surface area contributed by atoms with Crippen LogP contribution in [-0.4, -0.2) is 7.11 Å². The second-order valence-corrected chi connectivity index (χ2v) is 8.19. The molecule has 1 rings (SSSR count). The van der Waals surface area contributed by atoms with Crippen LogP contribution in [0.3, 0.4) is 0 Å². The molecule has 0 unspecified atom stereocenters. The molecule has 0 radical (unpaired) electrons. The maximum absolute atomic E-state index is 6.16. The van der Waals surface area contributed by atoms with Crippen LogP contribution in [0.25, 0.3) is 6.08 Å². The van der Waals surface area contributed by atoms with Gasteiger partial charge in [0.25, 0.3) is 0 Å². The summed E-state index contributed by atoms with van der Waals surface area (Å²) < 4.78 is 5.18. The lowest BCUT2D eigenvalue weighted by Gasteiger charge is -2.05. The van der Waals surface area contributed by atoms with E-state index >= 15 is 0 Å². The van der Waals surface area contributed by atoms with E-state index in [9.17, 15) is 0 Å². The Morgan fingerprint density at radius 1 is 0.714 bits per heavy atom. The van der Waals surface area contributed by atoms with Gasteiger partial charge in [0.1, 0.15) is 5.75 Å². The molecule has 0 fully saturated rings. The lowest BCUT2D eigenvalue weighted by Crippen LogP contribution is -1.97. The molecule has 2 N–H and O–H groups in total. The standard InChI is InChI=1S/C26H45NO/c1-3-4-5-6-7-8-9-10-11-12-13-14-15-16-17-18-25(27)23-24-19-21-26(28-2)22-20-24/h19-23H,3-18,27H2,1-2H3. The van der Waals surface area contributed by atoms with Gasteiger partial charge in [0.15, 0.2) is 0 Å². The minimum Gasteiger partial charge on any atom is -0.497 e. The van der Waals surface area contributed by atoms with E-state index in [2.05, 4.69) is 25.1 Å². The molecular formula is C26H45NO. The number of rotatable bonds is 18. The summed E-state index contributed by atoms with van der Waals surface area (Å²) in [5.41, 5.74) is 8.30. The zero-order valence-electron chi connectivity index (χ0n) is 18.7. The van der Waals surface area contributed by atoms with Crippen molar-refractivity contribution in [2.75, 3.05) is 7.11 Å². The molecule has 0 bridgehead atoms. The van der Waals surface area contributed by atoms with E-state index in [1.165, 1.54) is 96.3 Å². The second kappa shape index (κ2) is 17.6. The van der Waals surface area contributed by atoms with Crippen molar-refractivity contribution in [1.29, 1.82) is 0 Å². The van der Waals surface area contributed by atoms with Crippen molar-refractivity contribution >= 4 is 6.08 Å². The molecule has 0 aromatic heterocycles. The van der Waals surface area contributed by atoms with E-state index in [0.29, 0.717) is 0 Å². The normalized spacial score (nSPS) is 11.7. The molecule has 0 heterocycles. The Hall–Kier alpha value is -1.44. The summed E-state index contributed by atoms with van der Waals surface area (Å²) in [6, 6.07) is 8.07. The molecule has 0 aliphatic rings. The Morgan fingerprint density at radius 3 is 1.57 bits per heavy atom. The van der Waals surface area contributed by atoms with Crippen LogP contribution in [0, 0.1) is 0 Å². The molecule has 0 atom stereocenters. The van der Waals surface area contributed by atoms with E-state index in [1.807, 2.05) is 12.1 Å². The lowest BCUT2D eigenvalue weighted by molar-refractivity contribution is 0.415. The van der Waals surface area contributed by atoms with E-state index in [1.54, 1.807) is 7.11 Å². The number of unbranched alkanes of at least 4 members (excludes halogenated alkanes) is 14. The molecule has 0 spiro atoms. The summed E-state index contributed by atoms with van der Waals surface area (Å²) in [6.07, 6.45) is 24.1. The molecule has 0 amide bonds. The van der Waals surface area contributed by atoms with Gasteiger partial charge in [-0.3, -0.25) is 0 Å². The maximum Gasteiger partial charge on any atom is 0.118 e. The van der Waals surface area contributed by atoms with Crippen LogP contribution in [0.15, 0.2) is 30.0 Å². The van der Waals surface area contributed by atoms with Crippen molar-refractivity contribution < 1.29 is 4.74 Å². The number of hydrogen-bond acceptors (Lipinski definition) is 2. The van der Waals surface area contributed by atoms with Gasteiger partial charge in [-0.25, -0.2) is 0 Å². The first-order valence-corrected chi connectivity index (χ1v) is 11.9. The third-order valence-corrected chi connectivity index (χ3v) is 5.54. The summed E-state index contributed by atoms with van der Waals surface area (Å²) in [6.45, 7) is 2.29. The fourth-order valence-electron chi connectivity index (χ4n) is 3.69. The minimum atomic E-state index is 0.887. The molecule has 1 aromatic carbocycles. The van der Waals surface area contributed by atoms with Crippen molar-refractivity contribution in [3.63, 3.8) is 0 Å². The molecule has 28 heavy (non-hydrogen) atoms. The molecule has 160 valence electrons. The molecule has 0 saturated carbocycles. The Bertz CT molecular complexity index is 492. The van der Waals surface area contributed by atoms with E-state index in [0.717, 1.165) is 23.4 Å². The lowest BCUT2D eigenvalue weighted by atomic mass is 10.0. The molecule has 0 aliphatic heterocycles. The van der Waals surface area contributed by atoms with Crippen LogP contribution < -0.4 is 10.5 Å². The van der Waals surface area contributed by atoms with Gasteiger partial charge in [0.2, 0.25) is 0 Å². The number of allylic oxidation sites excluding steroid dienone is 1. The fraction of sp³-hybridized carbons (Fsp3) is 0.692. The van der Waals surface area contributed by atoms with Gasteiger partial charge >= 0.3 is 0 Å².